The molecule has 2 aromatic rings. The van der Waals surface area contributed by atoms with Gasteiger partial charge in [-0.1, -0.05) is 31.2 Å². The van der Waals surface area contributed by atoms with Gasteiger partial charge in [0.25, 0.3) is 0 Å². The summed E-state index contributed by atoms with van der Waals surface area (Å²) in [4.78, 5) is 14.5. The molecule has 3 aliphatic heterocycles. The second-order valence-electron chi connectivity index (χ2n) is 9.49. The predicted molar refractivity (Wildman–Crippen MR) is 137 cm³/mol. The Bertz CT molecular complexity index is 971. The number of piperidine rings is 1. The topological polar surface area (TPSA) is 65.5 Å². The van der Waals surface area contributed by atoms with Gasteiger partial charge in [0.05, 0.1) is 6.10 Å². The van der Waals surface area contributed by atoms with Crippen LogP contribution in [0.2, 0.25) is 0 Å². The van der Waals surface area contributed by atoms with Gasteiger partial charge in [-0.15, -0.1) is 0 Å². The number of aromatic nitrogens is 2. The summed E-state index contributed by atoms with van der Waals surface area (Å²) in [5, 5.41) is 7.07. The van der Waals surface area contributed by atoms with Crippen molar-refractivity contribution in [2.75, 3.05) is 47.9 Å². The number of fused-ring (bicyclic) bond motifs is 1. The van der Waals surface area contributed by atoms with Crippen molar-refractivity contribution < 1.29 is 4.74 Å². The molecule has 2 saturated heterocycles. The fourth-order valence-corrected chi connectivity index (χ4v) is 5.06. The molecule has 1 aromatic heterocycles. The third-order valence-electron chi connectivity index (χ3n) is 7.00. The first kappa shape index (κ1) is 22.3. The predicted octanol–water partition coefficient (Wildman–Crippen LogP) is 3.74. The summed E-state index contributed by atoms with van der Waals surface area (Å²) in [6.07, 6.45) is 5.85. The number of hydrogen-bond acceptors (Lipinski definition) is 6. The van der Waals surface area contributed by atoms with Crippen molar-refractivity contribution in [1.82, 2.24) is 15.3 Å². The zero-order chi connectivity index (χ0) is 22.6. The molecule has 0 saturated carbocycles. The zero-order valence-electron chi connectivity index (χ0n) is 19.4. The van der Waals surface area contributed by atoms with Crippen molar-refractivity contribution in [1.29, 1.82) is 0 Å². The average molecular weight is 467 g/mol. The van der Waals surface area contributed by atoms with Crippen LogP contribution in [0.5, 0.6) is 0 Å². The van der Waals surface area contributed by atoms with Gasteiger partial charge in [0.1, 0.15) is 11.6 Å². The first-order chi connectivity index (χ1) is 16.1. The minimum Gasteiger partial charge on any atom is -0.376 e. The number of benzene rings is 1. The number of rotatable bonds is 5. The molecule has 1 atom stereocenters. The van der Waals surface area contributed by atoms with Crippen molar-refractivity contribution in [3.8, 4) is 0 Å². The minimum absolute atomic E-state index is 0.233. The van der Waals surface area contributed by atoms with Gasteiger partial charge >= 0.3 is 0 Å². The number of nitrogens with zero attached hydrogens (tertiary/aromatic N) is 4. The number of anilines is 3. The SMILES string of the molecule is CC1CCN(c2cc(N3CCc4ccccc4C3)nc(NC(=S)NCC3CCCO3)n2)CC1. The molecule has 8 heteroatoms. The van der Waals surface area contributed by atoms with Crippen molar-refractivity contribution >= 4 is 34.9 Å². The molecule has 33 heavy (non-hydrogen) atoms. The van der Waals surface area contributed by atoms with Gasteiger partial charge in [-0.05, 0) is 61.4 Å². The maximum absolute atomic E-state index is 5.69. The highest BCUT2D eigenvalue weighted by molar-refractivity contribution is 7.80. The summed E-state index contributed by atoms with van der Waals surface area (Å²) < 4.78 is 5.69. The number of thiocarbonyl (C=S) groups is 1. The number of ether oxygens (including phenoxy) is 1. The highest BCUT2D eigenvalue weighted by Crippen LogP contribution is 2.29. The van der Waals surface area contributed by atoms with Gasteiger partial charge in [0.2, 0.25) is 5.95 Å². The second kappa shape index (κ2) is 10.2. The van der Waals surface area contributed by atoms with E-state index in [1.807, 2.05) is 0 Å². The molecule has 4 heterocycles. The second-order valence-corrected chi connectivity index (χ2v) is 9.90. The lowest BCUT2D eigenvalue weighted by atomic mass is 9.99. The molecule has 0 radical (unpaired) electrons. The molecule has 7 nitrogen and oxygen atoms in total. The van der Waals surface area contributed by atoms with Crippen LogP contribution in [0, 0.1) is 5.92 Å². The van der Waals surface area contributed by atoms with Gasteiger partial charge in [-0.3, -0.25) is 0 Å². The molecule has 2 fully saturated rings. The summed E-state index contributed by atoms with van der Waals surface area (Å²) >= 11 is 5.55. The van der Waals surface area contributed by atoms with Crippen LogP contribution >= 0.6 is 12.2 Å². The number of hydrogen-bond donors (Lipinski definition) is 2. The fraction of sp³-hybridized carbons (Fsp3) is 0.560. The third-order valence-corrected chi connectivity index (χ3v) is 7.25. The van der Waals surface area contributed by atoms with Crippen LogP contribution in [0.4, 0.5) is 17.6 Å². The normalized spacial score (nSPS) is 21.1. The summed E-state index contributed by atoms with van der Waals surface area (Å²) in [6.45, 7) is 7.76. The van der Waals surface area contributed by atoms with E-state index in [0.29, 0.717) is 17.6 Å². The van der Waals surface area contributed by atoms with Gasteiger partial charge in [0.15, 0.2) is 5.11 Å². The molecule has 0 aliphatic carbocycles. The first-order valence-corrected chi connectivity index (χ1v) is 12.7. The summed E-state index contributed by atoms with van der Waals surface area (Å²) in [7, 11) is 0. The number of nitrogens with one attached hydrogen (secondary N) is 2. The van der Waals surface area contributed by atoms with E-state index < -0.39 is 0 Å². The highest BCUT2D eigenvalue weighted by atomic mass is 32.1. The summed E-state index contributed by atoms with van der Waals surface area (Å²) in [5.74, 6) is 3.27. The standard InChI is InChI=1S/C25H34N6OS/c1-18-8-11-30(12-9-18)22-15-23(31-13-10-19-5-2-3-6-20(19)17-31)28-24(27-22)29-25(33)26-16-21-7-4-14-32-21/h2-3,5-6,15,18,21H,4,7-14,16-17H2,1H3,(H2,26,27,28,29,33). The van der Waals surface area contributed by atoms with Crippen molar-refractivity contribution in [3.63, 3.8) is 0 Å². The quantitative estimate of drug-likeness (QED) is 0.646. The van der Waals surface area contributed by atoms with E-state index in [1.54, 1.807) is 0 Å². The Morgan fingerprint density at radius 2 is 1.82 bits per heavy atom. The smallest absolute Gasteiger partial charge is 0.232 e. The van der Waals surface area contributed by atoms with E-state index in [0.717, 1.165) is 69.6 Å². The van der Waals surface area contributed by atoms with Gasteiger partial charge in [0, 0.05) is 45.4 Å². The van der Waals surface area contributed by atoms with E-state index in [1.165, 1.54) is 24.0 Å². The Morgan fingerprint density at radius 1 is 1.06 bits per heavy atom. The summed E-state index contributed by atoms with van der Waals surface area (Å²) in [5.41, 5.74) is 2.81. The molecule has 0 spiro atoms. The van der Waals surface area contributed by atoms with Crippen LogP contribution in [-0.4, -0.2) is 54.0 Å². The Hall–Kier alpha value is -2.45. The van der Waals surface area contributed by atoms with Crippen molar-refractivity contribution in [2.45, 2.75) is 51.7 Å². The lowest BCUT2D eigenvalue weighted by Crippen LogP contribution is -2.37. The molecule has 3 aliphatic rings. The fourth-order valence-electron chi connectivity index (χ4n) is 4.89. The van der Waals surface area contributed by atoms with Crippen LogP contribution in [0.1, 0.15) is 43.7 Å². The van der Waals surface area contributed by atoms with Crippen LogP contribution in [0.3, 0.4) is 0 Å². The van der Waals surface area contributed by atoms with Crippen LogP contribution < -0.4 is 20.4 Å². The lowest BCUT2D eigenvalue weighted by molar-refractivity contribution is 0.114. The maximum atomic E-state index is 5.69. The molecule has 1 aromatic carbocycles. The molecule has 176 valence electrons. The van der Waals surface area contributed by atoms with E-state index in [-0.39, 0.29) is 6.10 Å². The maximum Gasteiger partial charge on any atom is 0.232 e. The molecular weight excluding hydrogens is 432 g/mol. The minimum atomic E-state index is 0.233. The zero-order valence-corrected chi connectivity index (χ0v) is 20.2. The molecular formula is C25H34N6OS. The first-order valence-electron chi connectivity index (χ1n) is 12.3. The molecule has 0 amide bonds. The molecule has 5 rings (SSSR count). The Labute approximate surface area is 201 Å². The lowest BCUT2D eigenvalue weighted by Gasteiger charge is -2.33. The average Bonchev–Trinajstić information content (AvgIpc) is 3.36. The van der Waals surface area contributed by atoms with Crippen LogP contribution in [0.25, 0.3) is 0 Å². The molecule has 0 bridgehead atoms. The van der Waals surface area contributed by atoms with E-state index in [2.05, 4.69) is 57.7 Å². The monoisotopic (exact) mass is 466 g/mol. The van der Waals surface area contributed by atoms with E-state index in [4.69, 9.17) is 26.9 Å². The van der Waals surface area contributed by atoms with Gasteiger partial charge in [-0.2, -0.15) is 9.97 Å². The molecule has 2 N–H and O–H groups in total. The van der Waals surface area contributed by atoms with Gasteiger partial charge < -0.3 is 25.2 Å². The van der Waals surface area contributed by atoms with Crippen LogP contribution in [0.15, 0.2) is 30.3 Å². The third kappa shape index (κ3) is 5.55. The summed E-state index contributed by atoms with van der Waals surface area (Å²) in [6, 6.07) is 10.9. The van der Waals surface area contributed by atoms with E-state index >= 15 is 0 Å². The Balaban J connectivity index is 1.34. The van der Waals surface area contributed by atoms with Crippen molar-refractivity contribution in [3.05, 3.63) is 41.5 Å². The molecule has 1 unspecified atom stereocenters. The highest BCUT2D eigenvalue weighted by Gasteiger charge is 2.23. The largest absolute Gasteiger partial charge is 0.376 e. The Kier molecular flexibility index (Phi) is 6.92. The van der Waals surface area contributed by atoms with E-state index in [9.17, 15) is 0 Å². The van der Waals surface area contributed by atoms with Gasteiger partial charge in [-0.25, -0.2) is 0 Å². The Morgan fingerprint density at radius 3 is 2.58 bits per heavy atom. The van der Waals surface area contributed by atoms with Crippen LogP contribution in [-0.2, 0) is 17.7 Å². The van der Waals surface area contributed by atoms with Crippen molar-refractivity contribution in [2.24, 2.45) is 5.92 Å².